The van der Waals surface area contributed by atoms with Crippen molar-refractivity contribution in [1.29, 1.82) is 0 Å². The van der Waals surface area contributed by atoms with E-state index in [1.165, 1.54) is 0 Å². The van der Waals surface area contributed by atoms with Crippen molar-refractivity contribution >= 4 is 17.1 Å². The molecule has 0 aliphatic rings. The molecule has 0 saturated carbocycles. The normalized spacial score (nSPS) is 8.33. The highest BCUT2D eigenvalue weighted by atomic mass is 32.1. The third kappa shape index (κ3) is 2.26. The molecule has 2 nitrogen and oxygen atoms in total. The molecule has 3 heteroatoms. The molecule has 0 fully saturated rings. The lowest BCUT2D eigenvalue weighted by molar-refractivity contribution is 1.24. The van der Waals surface area contributed by atoms with Crippen LogP contribution in [0.25, 0.3) is 0 Å². The molecular formula is C3H8N2S. The lowest BCUT2D eigenvalue weighted by Gasteiger charge is -1.87. The Morgan fingerprint density at radius 2 is 1.67 bits per heavy atom. The van der Waals surface area contributed by atoms with Gasteiger partial charge < -0.3 is 11.5 Å². The predicted molar refractivity (Wildman–Crippen MR) is 30.7 cm³/mol. The third-order valence-electron chi connectivity index (χ3n) is 0.455. The molecule has 0 radical (unpaired) electrons. The van der Waals surface area contributed by atoms with Gasteiger partial charge in [0.05, 0.1) is 0 Å². The molecular weight excluding hydrogens is 96.1 g/mol. The zero-order valence-corrected chi connectivity index (χ0v) is 4.29. The highest BCUT2D eigenvalue weighted by Gasteiger charge is 1.81. The van der Waals surface area contributed by atoms with Gasteiger partial charge >= 0.3 is 0 Å². The van der Waals surface area contributed by atoms with Crippen LogP contribution >= 0.6 is 12.2 Å². The first-order chi connectivity index (χ1) is 2.81. The average molecular weight is 104 g/mol. The van der Waals surface area contributed by atoms with Crippen LogP contribution in [0.1, 0.15) is 0 Å². The second kappa shape index (κ2) is 3.21. The fourth-order valence-electron chi connectivity index (χ4n) is 0.0833. The number of nitrogens with two attached hydrogens (primary N) is 2. The first kappa shape index (κ1) is 6.01. The van der Waals surface area contributed by atoms with E-state index in [1.807, 2.05) is 0 Å². The van der Waals surface area contributed by atoms with Gasteiger partial charge in [0.25, 0.3) is 0 Å². The molecule has 0 rings (SSSR count). The van der Waals surface area contributed by atoms with Crippen molar-refractivity contribution in [3.63, 3.8) is 0 Å². The van der Waals surface area contributed by atoms with Crippen LogP contribution in [-0.2, 0) is 0 Å². The minimum absolute atomic E-state index is 0.436. The largest absolute Gasteiger partial charge is 0.326 e. The van der Waals surface area contributed by atoms with Gasteiger partial charge in [-0.2, -0.15) is 0 Å². The van der Waals surface area contributed by atoms with E-state index in [9.17, 15) is 0 Å². The molecule has 0 bridgehead atoms. The predicted octanol–water partition coefficient (Wildman–Crippen LogP) is -0.726. The van der Waals surface area contributed by atoms with Crippen LogP contribution in [0.5, 0.6) is 0 Å². The smallest absolute Gasteiger partial charge is 0.0255 e. The van der Waals surface area contributed by atoms with E-state index >= 15 is 0 Å². The maximum Gasteiger partial charge on any atom is 0.0255 e. The van der Waals surface area contributed by atoms with Crippen molar-refractivity contribution in [1.82, 2.24) is 0 Å². The summed E-state index contributed by atoms with van der Waals surface area (Å²) in [7, 11) is 0. The number of hydrogen-bond acceptors (Lipinski definition) is 3. The van der Waals surface area contributed by atoms with Crippen LogP contribution in [0.3, 0.4) is 0 Å². The fraction of sp³-hybridized carbons (Fsp3) is 0.667. The summed E-state index contributed by atoms with van der Waals surface area (Å²) in [4.78, 5) is 0.731. The van der Waals surface area contributed by atoms with Crippen LogP contribution in [0.15, 0.2) is 0 Å². The standard InChI is InChI=1S/C3H8N2S/c4-1-3(6)2-5/h1-2,4-5H2. The van der Waals surface area contributed by atoms with Gasteiger partial charge in [-0.3, -0.25) is 0 Å². The third-order valence-corrected chi connectivity index (χ3v) is 0.789. The van der Waals surface area contributed by atoms with Gasteiger partial charge in [-0.05, 0) is 0 Å². The van der Waals surface area contributed by atoms with Gasteiger partial charge in [0.1, 0.15) is 0 Å². The molecule has 0 atom stereocenters. The van der Waals surface area contributed by atoms with Gasteiger partial charge in [0.15, 0.2) is 0 Å². The Bertz CT molecular complexity index is 46.8. The van der Waals surface area contributed by atoms with Crippen molar-refractivity contribution < 1.29 is 0 Å². The van der Waals surface area contributed by atoms with E-state index in [-0.39, 0.29) is 0 Å². The highest BCUT2D eigenvalue weighted by molar-refractivity contribution is 7.80. The van der Waals surface area contributed by atoms with Crippen LogP contribution in [-0.4, -0.2) is 18.0 Å². The molecule has 6 heavy (non-hydrogen) atoms. The van der Waals surface area contributed by atoms with E-state index in [4.69, 9.17) is 11.5 Å². The maximum atomic E-state index is 5.06. The molecule has 0 unspecified atom stereocenters. The molecule has 0 aromatic heterocycles. The minimum Gasteiger partial charge on any atom is -0.326 e. The number of hydrogen-bond donors (Lipinski definition) is 2. The molecule has 0 amide bonds. The first-order valence-corrected chi connectivity index (χ1v) is 2.14. The van der Waals surface area contributed by atoms with Gasteiger partial charge in [-0.1, -0.05) is 12.2 Å². The zero-order valence-electron chi connectivity index (χ0n) is 3.48. The minimum atomic E-state index is 0.436. The van der Waals surface area contributed by atoms with Crippen molar-refractivity contribution in [2.24, 2.45) is 11.5 Å². The summed E-state index contributed by atoms with van der Waals surface area (Å²) >= 11 is 4.61. The second-order valence-corrected chi connectivity index (χ2v) is 1.52. The van der Waals surface area contributed by atoms with Crippen molar-refractivity contribution in [2.45, 2.75) is 0 Å². The van der Waals surface area contributed by atoms with Crippen molar-refractivity contribution in [3.8, 4) is 0 Å². The molecule has 0 aromatic rings. The molecule has 0 aliphatic carbocycles. The Morgan fingerprint density at radius 1 is 1.33 bits per heavy atom. The Balaban J connectivity index is 2.99. The van der Waals surface area contributed by atoms with Crippen LogP contribution in [0, 0.1) is 0 Å². The summed E-state index contributed by atoms with van der Waals surface area (Å²) in [6.07, 6.45) is 0. The van der Waals surface area contributed by atoms with Crippen molar-refractivity contribution in [3.05, 3.63) is 0 Å². The van der Waals surface area contributed by atoms with Crippen molar-refractivity contribution in [2.75, 3.05) is 13.1 Å². The topological polar surface area (TPSA) is 52.0 Å². The summed E-state index contributed by atoms with van der Waals surface area (Å²) in [5, 5.41) is 0. The average Bonchev–Trinajstić information content (AvgIpc) is 1.65. The summed E-state index contributed by atoms with van der Waals surface area (Å²) in [6.45, 7) is 0.873. The van der Waals surface area contributed by atoms with E-state index in [0.717, 1.165) is 4.86 Å². The summed E-state index contributed by atoms with van der Waals surface area (Å²) in [5.41, 5.74) is 10.1. The molecule has 0 aliphatic heterocycles. The molecule has 0 spiro atoms. The maximum absolute atomic E-state index is 5.06. The highest BCUT2D eigenvalue weighted by Crippen LogP contribution is 1.62. The van der Waals surface area contributed by atoms with Gasteiger partial charge in [-0.15, -0.1) is 0 Å². The SMILES string of the molecule is NCC(=S)CN. The fourth-order valence-corrected chi connectivity index (χ4v) is 0.0833. The number of thiocarbonyl (C=S) groups is 1. The molecule has 0 heterocycles. The lowest BCUT2D eigenvalue weighted by Crippen LogP contribution is -2.20. The van der Waals surface area contributed by atoms with E-state index in [1.54, 1.807) is 0 Å². The first-order valence-electron chi connectivity index (χ1n) is 1.73. The van der Waals surface area contributed by atoms with E-state index in [2.05, 4.69) is 12.2 Å². The zero-order chi connectivity index (χ0) is 4.99. The van der Waals surface area contributed by atoms with Crippen LogP contribution < -0.4 is 11.5 Å². The number of rotatable bonds is 2. The Morgan fingerprint density at radius 3 is 1.67 bits per heavy atom. The Kier molecular flexibility index (Phi) is 3.21. The van der Waals surface area contributed by atoms with Crippen LogP contribution in [0.4, 0.5) is 0 Å². The monoisotopic (exact) mass is 104 g/mol. The molecule has 0 saturated heterocycles. The molecule has 36 valence electrons. The second-order valence-electron chi connectivity index (χ2n) is 0.947. The summed E-state index contributed by atoms with van der Waals surface area (Å²) in [5.74, 6) is 0. The lowest BCUT2D eigenvalue weighted by atomic mass is 10.4. The van der Waals surface area contributed by atoms with E-state index in [0.29, 0.717) is 13.1 Å². The van der Waals surface area contributed by atoms with Crippen LogP contribution in [0.2, 0.25) is 0 Å². The molecule has 4 N–H and O–H groups in total. The molecule has 0 aromatic carbocycles. The van der Waals surface area contributed by atoms with Gasteiger partial charge in [-0.25, -0.2) is 0 Å². The Hall–Kier alpha value is 0.01000. The summed E-state index contributed by atoms with van der Waals surface area (Å²) < 4.78 is 0. The van der Waals surface area contributed by atoms with Gasteiger partial charge in [0, 0.05) is 18.0 Å². The quantitative estimate of drug-likeness (QED) is 0.454. The Labute approximate surface area is 42.5 Å². The summed E-state index contributed by atoms with van der Waals surface area (Å²) in [6, 6.07) is 0. The van der Waals surface area contributed by atoms with Gasteiger partial charge in [0.2, 0.25) is 0 Å². The van der Waals surface area contributed by atoms with E-state index < -0.39 is 0 Å².